The molecule has 0 atom stereocenters. The number of anilines is 1. The van der Waals surface area contributed by atoms with E-state index in [0.717, 1.165) is 19.2 Å². The van der Waals surface area contributed by atoms with Gasteiger partial charge in [-0.25, -0.2) is 0 Å². The summed E-state index contributed by atoms with van der Waals surface area (Å²) in [5.41, 5.74) is -1.90. The molecule has 2 rings (SSSR count). The van der Waals surface area contributed by atoms with Gasteiger partial charge < -0.3 is 10.1 Å². The SMILES string of the molecule is COc1c([N+](=O)[O-])cc(NC(=O)c2cccc([N+](=O)[O-])c2C)cc1[N+](=O)[O-]. The molecule has 27 heavy (non-hydrogen) atoms. The van der Waals surface area contributed by atoms with Gasteiger partial charge in [0.25, 0.3) is 17.3 Å². The second kappa shape index (κ2) is 7.43. The van der Waals surface area contributed by atoms with Crippen LogP contribution in [0, 0.1) is 37.3 Å². The summed E-state index contributed by atoms with van der Waals surface area (Å²) in [7, 11) is 1.04. The fraction of sp³-hybridized carbons (Fsp3) is 0.133. The quantitative estimate of drug-likeness (QED) is 0.592. The first kappa shape index (κ1) is 19.2. The summed E-state index contributed by atoms with van der Waals surface area (Å²) in [5.74, 6) is -1.38. The summed E-state index contributed by atoms with van der Waals surface area (Å²) in [6, 6.07) is 5.64. The maximum absolute atomic E-state index is 12.4. The molecule has 0 aromatic heterocycles. The lowest BCUT2D eigenvalue weighted by molar-refractivity contribution is -0.395. The Morgan fingerprint density at radius 1 is 0.963 bits per heavy atom. The van der Waals surface area contributed by atoms with Crippen LogP contribution >= 0.6 is 0 Å². The highest BCUT2D eigenvalue weighted by molar-refractivity contribution is 6.06. The average Bonchev–Trinajstić information content (AvgIpc) is 2.60. The van der Waals surface area contributed by atoms with Crippen molar-refractivity contribution in [3.63, 3.8) is 0 Å². The number of carbonyl (C=O) groups excluding carboxylic acids is 1. The zero-order valence-corrected chi connectivity index (χ0v) is 14.0. The molecule has 0 fully saturated rings. The summed E-state index contributed by atoms with van der Waals surface area (Å²) in [6.07, 6.45) is 0. The smallest absolute Gasteiger partial charge is 0.320 e. The van der Waals surface area contributed by atoms with E-state index in [-0.39, 0.29) is 22.5 Å². The number of nitrogens with zero attached hydrogens (tertiary/aromatic N) is 3. The largest absolute Gasteiger partial charge is 0.485 e. The molecule has 0 spiro atoms. The minimum Gasteiger partial charge on any atom is -0.485 e. The minimum absolute atomic E-state index is 0.0506. The van der Waals surface area contributed by atoms with Gasteiger partial charge in [0.05, 0.1) is 27.6 Å². The van der Waals surface area contributed by atoms with Crippen molar-refractivity contribution in [1.29, 1.82) is 0 Å². The Morgan fingerprint density at radius 3 is 1.93 bits per heavy atom. The lowest BCUT2D eigenvalue weighted by Crippen LogP contribution is -2.14. The van der Waals surface area contributed by atoms with Crippen LogP contribution < -0.4 is 10.1 Å². The van der Waals surface area contributed by atoms with Crippen molar-refractivity contribution in [2.75, 3.05) is 12.4 Å². The molecule has 12 heteroatoms. The van der Waals surface area contributed by atoms with E-state index in [1.54, 1.807) is 0 Å². The molecule has 0 radical (unpaired) electrons. The van der Waals surface area contributed by atoms with Crippen LogP contribution in [0.2, 0.25) is 0 Å². The second-order valence-corrected chi connectivity index (χ2v) is 5.22. The van der Waals surface area contributed by atoms with Crippen LogP contribution in [0.25, 0.3) is 0 Å². The molecule has 1 amide bonds. The van der Waals surface area contributed by atoms with Gasteiger partial charge in [0.15, 0.2) is 0 Å². The molecule has 0 unspecified atom stereocenters. The monoisotopic (exact) mass is 376 g/mol. The third-order valence-electron chi connectivity index (χ3n) is 3.65. The fourth-order valence-electron chi connectivity index (χ4n) is 2.42. The molecule has 1 N–H and O–H groups in total. The Morgan fingerprint density at radius 2 is 1.48 bits per heavy atom. The van der Waals surface area contributed by atoms with Crippen molar-refractivity contribution in [2.24, 2.45) is 0 Å². The van der Waals surface area contributed by atoms with E-state index in [1.165, 1.54) is 25.1 Å². The number of rotatable bonds is 6. The Labute approximate surface area is 150 Å². The van der Waals surface area contributed by atoms with Gasteiger partial charge in [-0.2, -0.15) is 0 Å². The van der Waals surface area contributed by atoms with Gasteiger partial charge in [-0.05, 0) is 13.0 Å². The molecule has 0 heterocycles. The van der Waals surface area contributed by atoms with Crippen LogP contribution in [0.4, 0.5) is 22.7 Å². The summed E-state index contributed by atoms with van der Waals surface area (Å²) in [4.78, 5) is 43.3. The lowest BCUT2D eigenvalue weighted by Gasteiger charge is -2.09. The predicted molar refractivity (Wildman–Crippen MR) is 92.1 cm³/mol. The van der Waals surface area contributed by atoms with Crippen LogP contribution in [-0.4, -0.2) is 27.8 Å². The molecular formula is C15H12N4O8. The highest BCUT2D eigenvalue weighted by Crippen LogP contribution is 2.39. The zero-order valence-electron chi connectivity index (χ0n) is 14.0. The third kappa shape index (κ3) is 3.78. The van der Waals surface area contributed by atoms with E-state index in [1.807, 2.05) is 0 Å². The molecule has 0 aliphatic carbocycles. The third-order valence-corrected chi connectivity index (χ3v) is 3.65. The van der Waals surface area contributed by atoms with E-state index in [2.05, 4.69) is 5.32 Å². The average molecular weight is 376 g/mol. The van der Waals surface area contributed by atoms with Gasteiger partial charge in [-0.3, -0.25) is 35.1 Å². The van der Waals surface area contributed by atoms with Crippen LogP contribution in [0.15, 0.2) is 30.3 Å². The highest BCUT2D eigenvalue weighted by Gasteiger charge is 2.29. The summed E-state index contributed by atoms with van der Waals surface area (Å²) >= 11 is 0. The molecule has 0 saturated carbocycles. The maximum atomic E-state index is 12.4. The van der Waals surface area contributed by atoms with Gasteiger partial charge in [0.2, 0.25) is 0 Å². The van der Waals surface area contributed by atoms with E-state index < -0.39 is 37.8 Å². The number of carbonyl (C=O) groups is 1. The topological polar surface area (TPSA) is 168 Å². The number of nitrogens with one attached hydrogen (secondary N) is 1. The molecule has 2 aromatic rings. The molecule has 2 aromatic carbocycles. The van der Waals surface area contributed by atoms with Crippen molar-refractivity contribution in [1.82, 2.24) is 0 Å². The Bertz CT molecular complexity index is 937. The van der Waals surface area contributed by atoms with E-state index in [9.17, 15) is 35.1 Å². The van der Waals surface area contributed by atoms with Gasteiger partial charge >= 0.3 is 11.4 Å². The van der Waals surface area contributed by atoms with E-state index in [4.69, 9.17) is 4.74 Å². The van der Waals surface area contributed by atoms with E-state index in [0.29, 0.717) is 0 Å². The van der Waals surface area contributed by atoms with Crippen LogP contribution in [-0.2, 0) is 0 Å². The van der Waals surface area contributed by atoms with Crippen LogP contribution in [0.5, 0.6) is 5.75 Å². The first-order valence-electron chi connectivity index (χ1n) is 7.23. The Balaban J connectivity index is 2.50. The first-order valence-corrected chi connectivity index (χ1v) is 7.23. The molecular weight excluding hydrogens is 364 g/mol. The van der Waals surface area contributed by atoms with Gasteiger partial charge in [0.1, 0.15) is 0 Å². The number of hydrogen-bond acceptors (Lipinski definition) is 8. The first-order chi connectivity index (χ1) is 12.7. The number of nitro benzene ring substituents is 3. The van der Waals surface area contributed by atoms with Crippen molar-refractivity contribution in [2.45, 2.75) is 6.92 Å². The summed E-state index contributed by atoms with van der Waals surface area (Å²) in [6.45, 7) is 1.37. The van der Waals surface area contributed by atoms with Gasteiger partial charge in [-0.1, -0.05) is 6.07 Å². The standard InChI is InChI=1S/C15H12N4O8/c1-8-10(4-3-5-11(8)17(21)22)15(20)16-9-6-12(18(23)24)14(27-2)13(7-9)19(25)26/h3-7H,1-2H3,(H,16,20). The van der Waals surface area contributed by atoms with Crippen molar-refractivity contribution < 1.29 is 24.3 Å². The summed E-state index contributed by atoms with van der Waals surface area (Å²) < 4.78 is 4.73. The highest BCUT2D eigenvalue weighted by atomic mass is 16.6. The number of hydrogen-bond donors (Lipinski definition) is 1. The normalized spacial score (nSPS) is 10.1. The number of benzene rings is 2. The molecule has 140 valence electrons. The molecule has 0 saturated heterocycles. The number of ether oxygens (including phenoxy) is 1. The van der Waals surface area contributed by atoms with Crippen molar-refractivity contribution in [3.05, 3.63) is 71.8 Å². The van der Waals surface area contributed by atoms with Crippen molar-refractivity contribution >= 4 is 28.7 Å². The van der Waals surface area contributed by atoms with Gasteiger partial charge in [0, 0.05) is 29.3 Å². The number of amides is 1. The summed E-state index contributed by atoms with van der Waals surface area (Å²) in [5, 5.41) is 35.6. The van der Waals surface area contributed by atoms with E-state index >= 15 is 0 Å². The minimum atomic E-state index is -0.889. The number of nitro groups is 3. The van der Waals surface area contributed by atoms with Gasteiger partial charge in [-0.15, -0.1) is 0 Å². The second-order valence-electron chi connectivity index (χ2n) is 5.22. The van der Waals surface area contributed by atoms with Crippen LogP contribution in [0.3, 0.4) is 0 Å². The maximum Gasteiger partial charge on any atom is 0.320 e. The Kier molecular flexibility index (Phi) is 5.29. The molecule has 12 nitrogen and oxygen atoms in total. The zero-order chi connectivity index (χ0) is 20.3. The van der Waals surface area contributed by atoms with Crippen molar-refractivity contribution in [3.8, 4) is 5.75 Å². The lowest BCUT2D eigenvalue weighted by atomic mass is 10.1. The fourth-order valence-corrected chi connectivity index (χ4v) is 2.42. The Hall–Kier alpha value is -4.09. The van der Waals surface area contributed by atoms with Crippen LogP contribution in [0.1, 0.15) is 15.9 Å². The predicted octanol–water partition coefficient (Wildman–Crippen LogP) is 2.98. The molecule has 0 aliphatic heterocycles. The molecule has 0 aliphatic rings. The molecule has 0 bridgehead atoms. The number of methoxy groups -OCH3 is 1.